The van der Waals surface area contributed by atoms with Crippen LogP contribution in [-0.2, 0) is 23.7 Å². The molecule has 0 bridgehead atoms. The minimum Gasteiger partial charge on any atom is -0.458 e. The van der Waals surface area contributed by atoms with Crippen molar-refractivity contribution in [2.75, 3.05) is 11.6 Å². The van der Waals surface area contributed by atoms with E-state index in [1.807, 2.05) is 6.92 Å². The van der Waals surface area contributed by atoms with E-state index in [-0.39, 0.29) is 39.2 Å². The highest BCUT2D eigenvalue weighted by atomic mass is 35.5. The summed E-state index contributed by atoms with van der Waals surface area (Å²) in [7, 11) is 0. The number of fused-ring (bicyclic) bond motifs is 1. The smallest absolute Gasteiger partial charge is 0.338 e. The first-order valence-corrected chi connectivity index (χ1v) is 23.2. The lowest BCUT2D eigenvalue weighted by Gasteiger charge is -2.35. The molecule has 1 heterocycles. The summed E-state index contributed by atoms with van der Waals surface area (Å²) in [5.41, 5.74) is 1.54. The van der Waals surface area contributed by atoms with Gasteiger partial charge in [-0.05, 0) is 103 Å². The van der Waals surface area contributed by atoms with Gasteiger partial charge in [0, 0.05) is 16.0 Å². The van der Waals surface area contributed by atoms with Gasteiger partial charge in [-0.2, -0.15) is 10.1 Å². The van der Waals surface area contributed by atoms with E-state index in [0.29, 0.717) is 16.1 Å². The third-order valence-corrected chi connectivity index (χ3v) is 11.4. The minimum absolute atomic E-state index is 0.00873. The molecule has 7 aromatic carbocycles. The molecule has 0 unspecified atom stereocenters. The zero-order valence-electron chi connectivity index (χ0n) is 38.9. The van der Waals surface area contributed by atoms with Crippen molar-refractivity contribution in [3.63, 3.8) is 0 Å². The molecule has 0 spiro atoms. The molecule has 0 aliphatic carbocycles. The van der Waals surface area contributed by atoms with Crippen LogP contribution in [0.25, 0.3) is 10.9 Å². The van der Waals surface area contributed by atoms with Crippen LogP contribution in [0.2, 0.25) is 5.02 Å². The number of hydrazone groups is 1. The SMILES string of the molecule is Cc1cc(N(/N=C/[C@H](OC(=O)c2ccccc2)[C@@H](OC(=O)c2ccccc2)[C@@H](OC(=O)c2ccccc2)[C@@H](COC(=O)c2ccccc2)OC(=O)c2ccccc2)C(=O)c2ccccc2)nc2cc(Cl)ccc12. The molecular formula is C58H44ClN3O11. The molecule has 0 fully saturated rings. The van der Waals surface area contributed by atoms with Gasteiger partial charge in [-0.15, -0.1) is 0 Å². The maximum absolute atomic E-state index is 14.7. The quantitative estimate of drug-likeness (QED) is 0.0344. The van der Waals surface area contributed by atoms with Crippen molar-refractivity contribution in [1.29, 1.82) is 0 Å². The predicted molar refractivity (Wildman–Crippen MR) is 273 cm³/mol. The van der Waals surface area contributed by atoms with Crippen molar-refractivity contribution in [1.82, 2.24) is 4.98 Å². The Labute approximate surface area is 424 Å². The van der Waals surface area contributed by atoms with Crippen LogP contribution in [0.1, 0.15) is 67.7 Å². The van der Waals surface area contributed by atoms with E-state index in [0.717, 1.165) is 16.6 Å². The first-order chi connectivity index (χ1) is 35.5. The average molecular weight is 994 g/mol. The van der Waals surface area contributed by atoms with Gasteiger partial charge >= 0.3 is 29.8 Å². The fraction of sp³-hybridized carbons (Fsp3) is 0.103. The van der Waals surface area contributed by atoms with Gasteiger partial charge in [0.1, 0.15) is 6.61 Å². The summed E-state index contributed by atoms with van der Waals surface area (Å²) in [4.78, 5) is 90.6. The Hall–Kier alpha value is -9.27. The predicted octanol–water partition coefficient (Wildman–Crippen LogP) is 10.6. The molecule has 8 rings (SSSR count). The number of aromatic nitrogens is 1. The number of rotatable bonds is 18. The molecule has 8 aromatic rings. The van der Waals surface area contributed by atoms with Crippen LogP contribution in [0.4, 0.5) is 5.82 Å². The molecule has 364 valence electrons. The molecule has 0 saturated carbocycles. The van der Waals surface area contributed by atoms with E-state index in [4.69, 9.17) is 40.3 Å². The highest BCUT2D eigenvalue weighted by molar-refractivity contribution is 6.31. The van der Waals surface area contributed by atoms with Crippen molar-refractivity contribution < 1.29 is 52.5 Å². The number of hydrogen-bond donors (Lipinski definition) is 0. The molecule has 14 nitrogen and oxygen atoms in total. The Balaban J connectivity index is 1.33. The molecule has 0 radical (unpaired) electrons. The third-order valence-electron chi connectivity index (χ3n) is 11.2. The first kappa shape index (κ1) is 50.1. The second-order valence-electron chi connectivity index (χ2n) is 16.2. The Morgan fingerprint density at radius 3 is 1.40 bits per heavy atom. The zero-order chi connectivity index (χ0) is 51.1. The number of carbonyl (C=O) groups excluding carboxylic acids is 6. The molecule has 0 aliphatic rings. The van der Waals surface area contributed by atoms with Gasteiger partial charge in [0.15, 0.2) is 30.2 Å². The summed E-state index contributed by atoms with van der Waals surface area (Å²) in [5.74, 6) is -5.49. The van der Waals surface area contributed by atoms with E-state index >= 15 is 0 Å². The fourth-order valence-electron chi connectivity index (χ4n) is 7.46. The van der Waals surface area contributed by atoms with Crippen molar-refractivity contribution in [2.45, 2.75) is 31.3 Å². The van der Waals surface area contributed by atoms with Crippen LogP contribution in [0, 0.1) is 6.92 Å². The molecule has 1 amide bonds. The Bertz CT molecular complexity index is 3240. The number of halogens is 1. The molecule has 73 heavy (non-hydrogen) atoms. The molecule has 15 heteroatoms. The summed E-state index contributed by atoms with van der Waals surface area (Å²) in [6.07, 6.45) is -6.78. The molecule has 0 saturated heterocycles. The number of ether oxygens (including phenoxy) is 5. The number of hydrogen-bond acceptors (Lipinski definition) is 13. The first-order valence-electron chi connectivity index (χ1n) is 22.8. The number of amides is 1. The van der Waals surface area contributed by atoms with E-state index in [1.54, 1.807) is 146 Å². The van der Waals surface area contributed by atoms with Gasteiger partial charge < -0.3 is 23.7 Å². The van der Waals surface area contributed by atoms with Gasteiger partial charge in [-0.1, -0.05) is 127 Å². The number of benzene rings is 7. The molecule has 0 N–H and O–H groups in total. The van der Waals surface area contributed by atoms with Gasteiger partial charge in [0.2, 0.25) is 0 Å². The topological polar surface area (TPSA) is 177 Å². The Morgan fingerprint density at radius 1 is 0.507 bits per heavy atom. The summed E-state index contributed by atoms with van der Waals surface area (Å²) >= 11 is 6.42. The lowest BCUT2D eigenvalue weighted by atomic mass is 10.0. The molecule has 0 aliphatic heterocycles. The zero-order valence-corrected chi connectivity index (χ0v) is 39.7. The van der Waals surface area contributed by atoms with Crippen molar-refractivity contribution in [2.24, 2.45) is 5.10 Å². The van der Waals surface area contributed by atoms with E-state index in [9.17, 15) is 28.8 Å². The maximum Gasteiger partial charge on any atom is 0.338 e. The van der Waals surface area contributed by atoms with Crippen molar-refractivity contribution >= 4 is 70.3 Å². The second kappa shape index (κ2) is 24.0. The summed E-state index contributed by atoms with van der Waals surface area (Å²) < 4.78 is 30.8. The van der Waals surface area contributed by atoms with Gasteiger partial charge in [0.25, 0.3) is 5.91 Å². The summed E-state index contributed by atoms with van der Waals surface area (Å²) in [5, 5.41) is 6.73. The molecular weight excluding hydrogens is 950 g/mol. The lowest BCUT2D eigenvalue weighted by molar-refractivity contribution is -0.120. The molecule has 4 atom stereocenters. The van der Waals surface area contributed by atoms with Crippen LogP contribution in [0.15, 0.2) is 211 Å². The minimum atomic E-state index is -2.03. The number of esters is 5. The standard InChI is InChI=1S/C58H44ClN3O11/c1-38-34-50(61-47-35-45(59)32-33-46(38)47)62(53(63)39-20-8-2-9-21-39)60-36-48(70-55(65)41-24-12-4-13-25-41)51(72-57(67)43-28-16-6-17-29-43)52(73-58(68)44-30-18-7-19-31-44)49(71-56(66)42-26-14-5-15-27-42)37-69-54(64)40-22-10-3-11-23-40/h2-36,48-49,51-52H,37H2,1H3/b60-36+/t48-,49+,51+,52-/m0/s1. The van der Waals surface area contributed by atoms with E-state index in [1.165, 1.54) is 60.7 Å². The summed E-state index contributed by atoms with van der Waals surface area (Å²) in [6, 6.07) is 54.0. The number of anilines is 1. The number of carbonyl (C=O) groups is 6. The van der Waals surface area contributed by atoms with E-state index in [2.05, 4.69) is 5.10 Å². The van der Waals surface area contributed by atoms with Crippen molar-refractivity contribution in [3.05, 3.63) is 250 Å². The normalized spacial score (nSPS) is 12.6. The van der Waals surface area contributed by atoms with Crippen molar-refractivity contribution in [3.8, 4) is 0 Å². The number of aryl methyl sites for hydroxylation is 1. The highest BCUT2D eigenvalue weighted by Crippen LogP contribution is 2.28. The fourth-order valence-corrected chi connectivity index (χ4v) is 7.63. The summed E-state index contributed by atoms with van der Waals surface area (Å²) in [6.45, 7) is 1.00. The van der Waals surface area contributed by atoms with Gasteiger partial charge in [-0.25, -0.2) is 29.0 Å². The van der Waals surface area contributed by atoms with Crippen LogP contribution in [0.5, 0.6) is 0 Å². The Kier molecular flexibility index (Phi) is 16.5. The Morgan fingerprint density at radius 2 is 0.918 bits per heavy atom. The largest absolute Gasteiger partial charge is 0.458 e. The van der Waals surface area contributed by atoms with Crippen LogP contribution in [0.3, 0.4) is 0 Å². The van der Waals surface area contributed by atoms with Crippen LogP contribution < -0.4 is 5.01 Å². The lowest BCUT2D eigenvalue weighted by Crippen LogP contribution is -2.54. The van der Waals surface area contributed by atoms with Gasteiger partial charge in [-0.3, -0.25) is 4.79 Å². The van der Waals surface area contributed by atoms with Crippen LogP contribution in [-0.4, -0.2) is 78.0 Å². The average Bonchev–Trinajstić information content (AvgIpc) is 3.43. The number of nitrogens with zero attached hydrogens (tertiary/aromatic N) is 3. The van der Waals surface area contributed by atoms with Crippen LogP contribution >= 0.6 is 11.6 Å². The van der Waals surface area contributed by atoms with Gasteiger partial charge in [0.05, 0.1) is 39.5 Å². The van der Waals surface area contributed by atoms with E-state index < -0.39 is 66.8 Å². The molecule has 1 aromatic heterocycles. The number of pyridine rings is 1. The maximum atomic E-state index is 14.7. The second-order valence-corrected chi connectivity index (χ2v) is 16.6. The monoisotopic (exact) mass is 993 g/mol. The highest BCUT2D eigenvalue weighted by Gasteiger charge is 2.46. The third kappa shape index (κ3) is 12.9.